The highest BCUT2D eigenvalue weighted by Crippen LogP contribution is 2.25. The van der Waals surface area contributed by atoms with Gasteiger partial charge in [-0.2, -0.15) is 4.68 Å². The molecule has 3 heterocycles. The molecule has 0 aliphatic rings. The van der Waals surface area contributed by atoms with Gasteiger partial charge in [0.1, 0.15) is 22.8 Å². The molecule has 86 valence electrons. The molecule has 0 saturated carbocycles. The van der Waals surface area contributed by atoms with Crippen molar-refractivity contribution in [2.75, 3.05) is 5.73 Å². The Morgan fingerprint density at radius 2 is 2.29 bits per heavy atom. The largest absolute Gasteiger partial charge is 0.383 e. The van der Waals surface area contributed by atoms with E-state index in [9.17, 15) is 4.79 Å². The van der Waals surface area contributed by atoms with E-state index < -0.39 is 0 Å². The average Bonchev–Trinajstić information content (AvgIpc) is 2.89. The zero-order chi connectivity index (χ0) is 12.0. The number of fused-ring (bicyclic) bond motifs is 1. The predicted octanol–water partition coefficient (Wildman–Crippen LogP) is -0.471. The van der Waals surface area contributed by atoms with Gasteiger partial charge in [-0.25, -0.2) is 19.2 Å². The van der Waals surface area contributed by atoms with Gasteiger partial charge < -0.3 is 5.73 Å². The molecule has 0 unspecified atom stereocenters. The van der Waals surface area contributed by atoms with Crippen molar-refractivity contribution in [1.29, 1.82) is 0 Å². The molecule has 0 saturated heterocycles. The van der Waals surface area contributed by atoms with Gasteiger partial charge >= 0.3 is 5.69 Å². The summed E-state index contributed by atoms with van der Waals surface area (Å²) >= 11 is 1.34. The lowest BCUT2D eigenvalue weighted by Gasteiger charge is -1.95. The number of hydrogen-bond acceptors (Lipinski definition) is 7. The molecular formula is C8H7N7OS. The molecule has 0 aromatic carbocycles. The quantitative estimate of drug-likeness (QED) is 0.625. The number of hydrogen-bond donors (Lipinski definition) is 1. The molecule has 0 aliphatic carbocycles. The summed E-state index contributed by atoms with van der Waals surface area (Å²) in [5, 5.41) is 9.96. The van der Waals surface area contributed by atoms with Crippen LogP contribution in [-0.4, -0.2) is 29.4 Å². The molecule has 0 atom stereocenters. The Labute approximate surface area is 98.4 Å². The van der Waals surface area contributed by atoms with Gasteiger partial charge in [0, 0.05) is 12.4 Å². The second-order valence-corrected chi connectivity index (χ2v) is 4.22. The number of nitrogens with zero attached hydrogens (tertiary/aromatic N) is 6. The van der Waals surface area contributed by atoms with Crippen molar-refractivity contribution in [3.8, 4) is 10.7 Å². The van der Waals surface area contributed by atoms with E-state index in [2.05, 4.69) is 20.3 Å². The molecule has 3 rings (SSSR count). The monoisotopic (exact) mass is 249 g/mol. The SMILES string of the molecule is Cn1nnc2c(-c3nc(N)cs3)ncn2c1=O. The van der Waals surface area contributed by atoms with Gasteiger partial charge in [0.05, 0.1) is 0 Å². The van der Waals surface area contributed by atoms with E-state index in [4.69, 9.17) is 5.73 Å². The topological polar surface area (TPSA) is 104 Å². The molecule has 0 amide bonds. The first kappa shape index (κ1) is 9.90. The standard InChI is InChI=1S/C8H7N7OS/c1-14-8(16)15-3-10-5(6(15)12-13-14)7-11-4(9)2-17-7/h2-3H,9H2,1H3. The molecule has 0 aliphatic heterocycles. The van der Waals surface area contributed by atoms with Crippen LogP contribution in [0, 0.1) is 0 Å². The van der Waals surface area contributed by atoms with E-state index >= 15 is 0 Å². The van der Waals surface area contributed by atoms with Crippen LogP contribution in [-0.2, 0) is 7.05 Å². The van der Waals surface area contributed by atoms with Gasteiger partial charge in [-0.1, -0.05) is 5.21 Å². The Bertz CT molecular complexity index is 755. The Morgan fingerprint density at radius 3 is 3.00 bits per heavy atom. The van der Waals surface area contributed by atoms with Crippen LogP contribution in [0.1, 0.15) is 0 Å². The number of aryl methyl sites for hydroxylation is 1. The van der Waals surface area contributed by atoms with Gasteiger partial charge in [0.15, 0.2) is 5.65 Å². The maximum atomic E-state index is 11.7. The molecule has 0 radical (unpaired) electrons. The number of imidazole rings is 1. The molecular weight excluding hydrogens is 242 g/mol. The fourth-order valence-corrected chi connectivity index (χ4v) is 2.13. The minimum atomic E-state index is -0.307. The highest BCUT2D eigenvalue weighted by molar-refractivity contribution is 7.13. The second-order valence-electron chi connectivity index (χ2n) is 3.36. The van der Waals surface area contributed by atoms with Crippen LogP contribution in [0.4, 0.5) is 5.82 Å². The van der Waals surface area contributed by atoms with Crippen LogP contribution < -0.4 is 11.4 Å². The third-order valence-corrected chi connectivity index (χ3v) is 3.09. The van der Waals surface area contributed by atoms with Crippen LogP contribution >= 0.6 is 11.3 Å². The van der Waals surface area contributed by atoms with Gasteiger partial charge in [0.2, 0.25) is 0 Å². The van der Waals surface area contributed by atoms with E-state index in [1.54, 1.807) is 5.38 Å². The van der Waals surface area contributed by atoms with E-state index in [0.29, 0.717) is 22.2 Å². The normalized spacial score (nSPS) is 11.1. The highest BCUT2D eigenvalue weighted by atomic mass is 32.1. The predicted molar refractivity (Wildman–Crippen MR) is 61.5 cm³/mol. The summed E-state index contributed by atoms with van der Waals surface area (Å²) in [5.41, 5.74) is 6.13. The third-order valence-electron chi connectivity index (χ3n) is 2.22. The average molecular weight is 249 g/mol. The summed E-state index contributed by atoms with van der Waals surface area (Å²) in [6.45, 7) is 0. The lowest BCUT2D eigenvalue weighted by Crippen LogP contribution is -2.26. The molecule has 8 nitrogen and oxygen atoms in total. The lowest BCUT2D eigenvalue weighted by atomic mass is 10.5. The molecule has 0 spiro atoms. The van der Waals surface area contributed by atoms with Gasteiger partial charge in [-0.15, -0.1) is 16.4 Å². The maximum absolute atomic E-state index is 11.7. The summed E-state index contributed by atoms with van der Waals surface area (Å²) < 4.78 is 2.45. The fourth-order valence-electron chi connectivity index (χ4n) is 1.43. The first-order valence-electron chi connectivity index (χ1n) is 4.65. The Balaban J connectivity index is 2.33. The van der Waals surface area contributed by atoms with Crippen LogP contribution in [0.3, 0.4) is 0 Å². The van der Waals surface area contributed by atoms with Gasteiger partial charge in [-0.3, -0.25) is 0 Å². The van der Waals surface area contributed by atoms with Crippen LogP contribution in [0.5, 0.6) is 0 Å². The number of anilines is 1. The second kappa shape index (κ2) is 3.35. The van der Waals surface area contributed by atoms with Crippen molar-refractivity contribution in [2.45, 2.75) is 0 Å². The summed E-state index contributed by atoms with van der Waals surface area (Å²) in [5.74, 6) is 0.419. The molecule has 0 fully saturated rings. The van der Waals surface area contributed by atoms with E-state index in [1.807, 2.05) is 0 Å². The van der Waals surface area contributed by atoms with Crippen molar-refractivity contribution in [1.82, 2.24) is 29.4 Å². The maximum Gasteiger partial charge on any atom is 0.352 e. The first-order valence-corrected chi connectivity index (χ1v) is 5.53. The number of nitrogen functional groups attached to an aromatic ring is 1. The lowest BCUT2D eigenvalue weighted by molar-refractivity contribution is 0.607. The van der Waals surface area contributed by atoms with E-state index in [1.165, 1.54) is 29.1 Å². The summed E-state index contributed by atoms with van der Waals surface area (Å²) in [6.07, 6.45) is 1.40. The minimum absolute atomic E-state index is 0.307. The third kappa shape index (κ3) is 1.40. The van der Waals surface area contributed by atoms with Gasteiger partial charge in [-0.05, 0) is 0 Å². The fraction of sp³-hybridized carbons (Fsp3) is 0.125. The van der Waals surface area contributed by atoms with E-state index in [0.717, 1.165) is 4.68 Å². The van der Waals surface area contributed by atoms with Gasteiger partial charge in [0.25, 0.3) is 0 Å². The van der Waals surface area contributed by atoms with Crippen molar-refractivity contribution >= 4 is 22.8 Å². The number of nitrogens with two attached hydrogens (primary N) is 1. The summed E-state index contributed by atoms with van der Waals surface area (Å²) in [6, 6.07) is 0. The van der Waals surface area contributed by atoms with Crippen LogP contribution in [0.15, 0.2) is 16.5 Å². The molecule has 17 heavy (non-hydrogen) atoms. The van der Waals surface area contributed by atoms with Crippen LogP contribution in [0.25, 0.3) is 16.3 Å². The summed E-state index contributed by atoms with van der Waals surface area (Å²) in [7, 11) is 1.52. The summed E-state index contributed by atoms with van der Waals surface area (Å²) in [4.78, 5) is 19.9. The Morgan fingerprint density at radius 1 is 1.47 bits per heavy atom. The van der Waals surface area contributed by atoms with Crippen molar-refractivity contribution in [3.05, 3.63) is 22.2 Å². The number of rotatable bonds is 1. The Hall–Kier alpha value is -2.29. The molecule has 3 aromatic heterocycles. The molecule has 0 bridgehead atoms. The molecule has 3 aromatic rings. The minimum Gasteiger partial charge on any atom is -0.383 e. The number of thiazole rings is 1. The molecule has 2 N–H and O–H groups in total. The zero-order valence-corrected chi connectivity index (χ0v) is 9.55. The van der Waals surface area contributed by atoms with E-state index in [-0.39, 0.29) is 5.69 Å². The first-order chi connectivity index (χ1) is 8.16. The smallest absolute Gasteiger partial charge is 0.352 e. The molecule has 9 heteroatoms. The van der Waals surface area contributed by atoms with Crippen molar-refractivity contribution < 1.29 is 0 Å². The number of aromatic nitrogens is 6. The van der Waals surface area contributed by atoms with Crippen molar-refractivity contribution in [3.63, 3.8) is 0 Å². The van der Waals surface area contributed by atoms with Crippen LogP contribution in [0.2, 0.25) is 0 Å². The van der Waals surface area contributed by atoms with Crippen molar-refractivity contribution in [2.24, 2.45) is 7.05 Å². The Kier molecular flexibility index (Phi) is 1.95. The zero-order valence-electron chi connectivity index (χ0n) is 8.73. The highest BCUT2D eigenvalue weighted by Gasteiger charge is 2.14.